The van der Waals surface area contributed by atoms with E-state index < -0.39 is 29.7 Å². The average Bonchev–Trinajstić information content (AvgIpc) is 4.17. The van der Waals surface area contributed by atoms with Crippen molar-refractivity contribution >= 4 is 57.8 Å². The van der Waals surface area contributed by atoms with E-state index in [4.69, 9.17) is 19.4 Å². The third-order valence-electron chi connectivity index (χ3n) is 12.0. The molecular weight excluding hydrogens is 769 g/mol. The number of nitrogens with one attached hydrogen (secondary N) is 2. The van der Waals surface area contributed by atoms with Crippen molar-refractivity contribution in [3.63, 3.8) is 0 Å². The Morgan fingerprint density at radius 3 is 1.39 bits per heavy atom. The highest BCUT2D eigenvalue weighted by Gasteiger charge is 2.44. The van der Waals surface area contributed by atoms with Crippen LogP contribution in [0.25, 0.3) is 90.4 Å². The molecule has 3 aromatic heterocycles. The molecule has 4 aromatic carbocycles. The smallest absolute Gasteiger partial charge is 0.310 e. The summed E-state index contributed by atoms with van der Waals surface area (Å²) in [6.45, 7) is 0. The fourth-order valence-electron chi connectivity index (χ4n) is 9.22. The van der Waals surface area contributed by atoms with Gasteiger partial charge in [-0.25, -0.2) is 9.97 Å². The lowest BCUT2D eigenvalue weighted by atomic mass is 9.71. The third kappa shape index (κ3) is 6.85. The van der Waals surface area contributed by atoms with Crippen molar-refractivity contribution in [2.45, 2.75) is 6.42 Å². The maximum Gasteiger partial charge on any atom is 0.310 e. The van der Waals surface area contributed by atoms with E-state index in [1.165, 1.54) is 14.2 Å². The minimum Gasteiger partial charge on any atom is -0.469 e. The van der Waals surface area contributed by atoms with Crippen LogP contribution in [0, 0.1) is 17.8 Å². The fraction of sp³-hybridized carbons (Fsp3) is 0.111. The molecule has 10 rings (SSSR count). The summed E-state index contributed by atoms with van der Waals surface area (Å²) < 4.78 is 10.7. The molecule has 3 aliphatic rings. The molecule has 0 saturated carbocycles. The summed E-state index contributed by atoms with van der Waals surface area (Å²) in [4.78, 5) is 46.1. The van der Waals surface area contributed by atoms with Gasteiger partial charge in [-0.2, -0.15) is 0 Å². The molecule has 0 amide bonds. The van der Waals surface area contributed by atoms with Crippen LogP contribution < -0.4 is 0 Å². The Hall–Kier alpha value is -7.84. The Balaban J connectivity index is 1.40. The van der Waals surface area contributed by atoms with Crippen molar-refractivity contribution in [1.82, 2.24) is 19.9 Å². The van der Waals surface area contributed by atoms with Crippen LogP contribution >= 0.6 is 0 Å². The monoisotopic (exact) mass is 810 g/mol. The van der Waals surface area contributed by atoms with Crippen molar-refractivity contribution < 1.29 is 19.1 Å². The second-order valence-corrected chi connectivity index (χ2v) is 15.6. The second kappa shape index (κ2) is 16.3. The lowest BCUT2D eigenvalue weighted by Gasteiger charge is -2.32. The van der Waals surface area contributed by atoms with Crippen molar-refractivity contribution in [3.05, 3.63) is 181 Å². The van der Waals surface area contributed by atoms with Gasteiger partial charge in [0, 0.05) is 50.2 Å². The number of ether oxygens (including phenoxy) is 2. The van der Waals surface area contributed by atoms with Crippen molar-refractivity contribution in [2.75, 3.05) is 14.2 Å². The van der Waals surface area contributed by atoms with E-state index in [1.54, 1.807) is 0 Å². The molecule has 62 heavy (non-hydrogen) atoms. The number of carbonyl (C=O) groups excluding carboxylic acids is 2. The molecule has 0 saturated heterocycles. The van der Waals surface area contributed by atoms with E-state index in [0.29, 0.717) is 17.8 Å². The number of aromatic amines is 2. The number of benzene rings is 4. The van der Waals surface area contributed by atoms with Gasteiger partial charge in [-0.15, -0.1) is 0 Å². The first-order chi connectivity index (χ1) is 30.5. The first-order valence-electron chi connectivity index (χ1n) is 20.7. The number of carbonyl (C=O) groups is 2. The number of rotatable bonds is 7. The first-order valence-corrected chi connectivity index (χ1v) is 20.7. The molecule has 5 heterocycles. The maximum atomic E-state index is 14.0. The Morgan fingerprint density at radius 2 is 0.935 bits per heavy atom. The SMILES string of the molecule is COC(=O)[C@H]1[C@@H](C2=Cc3nc2c(-c2ccccc2)c2ccc([nH]2)c(-c2ccccc2)c2nc(c(-c4ccccc4)c4ccc([nH]4)c3-c3ccccc3)C=C2)C=CC[C@@H]1C(=O)OC. The Kier molecular flexibility index (Phi) is 10.1. The average molecular weight is 811 g/mol. The molecule has 0 radical (unpaired) electrons. The van der Waals surface area contributed by atoms with Crippen LogP contribution in [0.3, 0.4) is 0 Å². The lowest BCUT2D eigenvalue weighted by Crippen LogP contribution is -2.38. The van der Waals surface area contributed by atoms with E-state index in [2.05, 4.69) is 101 Å². The van der Waals surface area contributed by atoms with Crippen LogP contribution in [0.5, 0.6) is 0 Å². The summed E-state index contributed by atoms with van der Waals surface area (Å²) in [6.07, 6.45) is 10.6. The van der Waals surface area contributed by atoms with Gasteiger partial charge in [0.1, 0.15) is 0 Å². The molecular formula is C54H42N4O4. The summed E-state index contributed by atoms with van der Waals surface area (Å²) in [5.74, 6) is -3.16. The van der Waals surface area contributed by atoms with E-state index in [0.717, 1.165) is 83.5 Å². The molecule has 0 fully saturated rings. The number of aromatic nitrogens is 4. The van der Waals surface area contributed by atoms with E-state index in [9.17, 15) is 9.59 Å². The maximum absolute atomic E-state index is 14.0. The van der Waals surface area contributed by atoms with Gasteiger partial charge in [-0.3, -0.25) is 9.59 Å². The van der Waals surface area contributed by atoms with Crippen LogP contribution in [-0.2, 0) is 19.1 Å². The zero-order valence-corrected chi connectivity index (χ0v) is 34.2. The number of hydrogen-bond acceptors (Lipinski definition) is 6. The quantitative estimate of drug-likeness (QED) is 0.123. The van der Waals surface area contributed by atoms with Crippen molar-refractivity contribution in [2.24, 2.45) is 17.8 Å². The predicted molar refractivity (Wildman–Crippen MR) is 248 cm³/mol. The predicted octanol–water partition coefficient (Wildman–Crippen LogP) is 11.8. The second-order valence-electron chi connectivity index (χ2n) is 15.6. The molecule has 8 nitrogen and oxygen atoms in total. The number of nitrogens with zero attached hydrogens (tertiary/aromatic N) is 2. The van der Waals surface area contributed by atoms with Crippen molar-refractivity contribution in [1.29, 1.82) is 0 Å². The minimum atomic E-state index is -0.866. The number of methoxy groups -OCH3 is 2. The summed E-state index contributed by atoms with van der Waals surface area (Å²) in [6, 6.07) is 49.4. The number of hydrogen-bond donors (Lipinski definition) is 2. The van der Waals surface area contributed by atoms with Gasteiger partial charge in [-0.1, -0.05) is 133 Å². The topological polar surface area (TPSA) is 110 Å². The zero-order valence-electron chi connectivity index (χ0n) is 34.2. The third-order valence-corrected chi connectivity index (χ3v) is 12.0. The Morgan fingerprint density at radius 1 is 0.516 bits per heavy atom. The number of fused-ring (bicyclic) bond motifs is 8. The van der Waals surface area contributed by atoms with Gasteiger partial charge < -0.3 is 19.4 Å². The number of allylic oxidation sites excluding steroid dienone is 3. The van der Waals surface area contributed by atoms with Crippen LogP contribution in [0.2, 0.25) is 0 Å². The largest absolute Gasteiger partial charge is 0.469 e. The Labute approximate surface area is 359 Å². The highest BCUT2D eigenvalue weighted by Crippen LogP contribution is 2.47. The molecule has 8 heteroatoms. The number of H-pyrrole nitrogens is 2. The van der Waals surface area contributed by atoms with E-state index in [1.807, 2.05) is 84.9 Å². The molecule has 1 aliphatic carbocycles. The van der Waals surface area contributed by atoms with Crippen LogP contribution in [0.4, 0.5) is 0 Å². The molecule has 302 valence electrons. The molecule has 0 spiro atoms. The van der Waals surface area contributed by atoms with Gasteiger partial charge in [0.15, 0.2) is 0 Å². The van der Waals surface area contributed by atoms with Crippen LogP contribution in [-0.4, -0.2) is 46.1 Å². The van der Waals surface area contributed by atoms with Gasteiger partial charge in [0.05, 0.1) is 48.8 Å². The highest BCUT2D eigenvalue weighted by atomic mass is 16.5. The van der Waals surface area contributed by atoms with E-state index >= 15 is 0 Å². The summed E-state index contributed by atoms with van der Waals surface area (Å²) in [7, 11) is 2.73. The van der Waals surface area contributed by atoms with Gasteiger partial charge >= 0.3 is 11.9 Å². The minimum absolute atomic E-state index is 0.344. The molecule has 3 atom stereocenters. The van der Waals surface area contributed by atoms with Crippen molar-refractivity contribution in [3.8, 4) is 44.5 Å². The van der Waals surface area contributed by atoms with E-state index in [-0.39, 0.29) is 0 Å². The Bertz CT molecular complexity index is 3110. The van der Waals surface area contributed by atoms with Crippen LogP contribution in [0.15, 0.2) is 158 Å². The summed E-state index contributed by atoms with van der Waals surface area (Å²) in [5, 5.41) is 0. The van der Waals surface area contributed by atoms with Gasteiger partial charge in [-0.05, 0) is 76.7 Å². The first kappa shape index (κ1) is 38.4. The molecule has 2 N–H and O–H groups in total. The zero-order chi connectivity index (χ0) is 42.2. The van der Waals surface area contributed by atoms with Crippen LogP contribution in [0.1, 0.15) is 29.2 Å². The summed E-state index contributed by atoms with van der Waals surface area (Å²) >= 11 is 0. The molecule has 0 unspecified atom stereocenters. The normalized spacial score (nSPS) is 16.7. The fourth-order valence-corrected chi connectivity index (χ4v) is 9.22. The number of esters is 2. The molecule has 2 aliphatic heterocycles. The van der Waals surface area contributed by atoms with Gasteiger partial charge in [0.2, 0.25) is 0 Å². The molecule has 8 bridgehead atoms. The lowest BCUT2D eigenvalue weighted by molar-refractivity contribution is -0.158. The standard InChI is InChI=1S/C54H42N4O4/c1-61-53(59)38-25-15-24-37(51(38)54(60)62-2)39-32-46-49(35-20-11-5-12-21-35)44-29-28-42(56-44)47(33-16-7-3-8-17-33)40-26-27-41(55-40)48(34-18-9-4-10-19-34)43-30-31-45(57-43)50(52(39)58-46)36-22-13-6-14-23-36/h3-24,26-32,37-38,51,56-57H,25H2,1-2H3/t37-,38+,51+/m1/s1. The van der Waals surface area contributed by atoms with Gasteiger partial charge in [0.25, 0.3) is 0 Å². The highest BCUT2D eigenvalue weighted by molar-refractivity contribution is 6.03. The summed E-state index contributed by atoms with van der Waals surface area (Å²) in [5.41, 5.74) is 14.8. The molecule has 7 aromatic rings.